The third-order valence-corrected chi connectivity index (χ3v) is 1.33. The van der Waals surface area contributed by atoms with E-state index in [1.165, 1.54) is 0 Å². The van der Waals surface area contributed by atoms with E-state index in [0.717, 1.165) is 0 Å². The Balaban J connectivity index is -0.0000000539. The van der Waals surface area contributed by atoms with Gasteiger partial charge < -0.3 is 0 Å². The van der Waals surface area contributed by atoms with E-state index < -0.39 is 0 Å². The van der Waals surface area contributed by atoms with Gasteiger partial charge in [0, 0.05) is 0 Å². The average Bonchev–Trinajstić information content (AvgIpc) is 2.65. The summed E-state index contributed by atoms with van der Waals surface area (Å²) >= 11 is 0. The first-order valence-corrected chi connectivity index (χ1v) is 8.00. The summed E-state index contributed by atoms with van der Waals surface area (Å²) in [7, 11) is 0. The first kappa shape index (κ1) is 31.7. The van der Waals surface area contributed by atoms with Crippen LogP contribution in [0.2, 0.25) is 0 Å². The van der Waals surface area contributed by atoms with Gasteiger partial charge in [0.05, 0.1) is 0 Å². The zero-order valence-electron chi connectivity index (χ0n) is 14.9. The molecule has 0 spiro atoms. The predicted molar refractivity (Wildman–Crippen MR) is 105 cm³/mol. The molecule has 0 aliphatic heterocycles. The van der Waals surface area contributed by atoms with E-state index in [4.69, 9.17) is 0 Å². The molecule has 0 amide bonds. The van der Waals surface area contributed by atoms with Crippen molar-refractivity contribution in [2.24, 2.45) is 0 Å². The molecule has 0 nitrogen and oxygen atoms in total. The zero-order valence-corrected chi connectivity index (χ0v) is 14.9. The summed E-state index contributed by atoms with van der Waals surface area (Å²) in [5, 5.41) is 0. The van der Waals surface area contributed by atoms with Crippen LogP contribution in [-0.4, -0.2) is 0 Å². The fourth-order valence-corrected chi connectivity index (χ4v) is 0.770. The minimum absolute atomic E-state index is 0. The van der Waals surface area contributed by atoms with Crippen LogP contribution in [0.25, 0.3) is 0 Å². The summed E-state index contributed by atoms with van der Waals surface area (Å²) in [6, 6.07) is 24.0. The van der Waals surface area contributed by atoms with Crippen LogP contribution in [0.4, 0.5) is 0 Å². The summed E-state index contributed by atoms with van der Waals surface area (Å²) in [6.45, 7) is 16.0. The second kappa shape index (κ2) is 51.5. The van der Waals surface area contributed by atoms with Gasteiger partial charge in [-0.1, -0.05) is 136 Å². The third-order valence-electron chi connectivity index (χ3n) is 1.33. The maximum atomic E-state index is 2.00. The van der Waals surface area contributed by atoms with Gasteiger partial charge in [-0.15, -0.1) is 0 Å². The quantitative estimate of drug-likeness (QED) is 0.460. The maximum absolute atomic E-state index is 2.00. The van der Waals surface area contributed by atoms with Crippen LogP contribution >= 0.6 is 0 Å². The van der Waals surface area contributed by atoms with Gasteiger partial charge in [0.25, 0.3) is 0 Å². The number of benzene rings is 2. The molecule has 0 aromatic heterocycles. The van der Waals surface area contributed by atoms with Crippen LogP contribution in [0.5, 0.6) is 0 Å². The van der Waals surface area contributed by atoms with Gasteiger partial charge in [-0.05, 0) is 0 Å². The molecule has 0 heteroatoms. The minimum Gasteiger partial charge on any atom is -0.0776 e. The number of hydrogen-bond acceptors (Lipinski definition) is 0. The van der Waals surface area contributed by atoms with Crippen molar-refractivity contribution in [3.05, 3.63) is 72.8 Å². The smallest absolute Gasteiger partial charge is 0.0623 e. The molecule has 0 fully saturated rings. The Labute approximate surface area is 136 Å². The van der Waals surface area contributed by atoms with Crippen molar-refractivity contribution in [2.45, 2.75) is 62.8 Å². The van der Waals surface area contributed by atoms with Crippen molar-refractivity contribution in [2.75, 3.05) is 0 Å². The molecule has 0 bridgehead atoms. The standard InChI is InChI=1S/2C6H6.4C2H6.CH4/c2*1-2-4-6-5-3-1;4*1-2;/h2*1-6H;4*1-2H3;1H4. The lowest BCUT2D eigenvalue weighted by atomic mass is 10.4. The van der Waals surface area contributed by atoms with E-state index in [2.05, 4.69) is 0 Å². The van der Waals surface area contributed by atoms with E-state index in [1.54, 1.807) is 0 Å². The van der Waals surface area contributed by atoms with Crippen LogP contribution in [0, 0.1) is 0 Å². The van der Waals surface area contributed by atoms with Gasteiger partial charge in [-0.2, -0.15) is 0 Å². The Kier molecular flexibility index (Phi) is 77.7. The van der Waals surface area contributed by atoms with E-state index >= 15 is 0 Å². The van der Waals surface area contributed by atoms with Crippen LogP contribution in [0.3, 0.4) is 0 Å². The molecule has 0 N–H and O–H groups in total. The van der Waals surface area contributed by atoms with Crippen molar-refractivity contribution in [1.82, 2.24) is 0 Å². The highest BCUT2D eigenvalue weighted by Gasteiger charge is 1.58. The highest BCUT2D eigenvalue weighted by molar-refractivity contribution is 4.99. The summed E-state index contributed by atoms with van der Waals surface area (Å²) in [5.74, 6) is 0. The fourth-order valence-electron chi connectivity index (χ4n) is 0.770. The normalized spacial score (nSPS) is 5.71. The van der Waals surface area contributed by atoms with Crippen LogP contribution in [0.15, 0.2) is 72.8 Å². The SMILES string of the molecule is C.CC.CC.CC.CC.c1ccccc1.c1ccccc1. The van der Waals surface area contributed by atoms with E-state index in [-0.39, 0.29) is 7.43 Å². The van der Waals surface area contributed by atoms with E-state index in [9.17, 15) is 0 Å². The molecule has 0 aliphatic carbocycles. The van der Waals surface area contributed by atoms with Crippen molar-refractivity contribution in [3.63, 3.8) is 0 Å². The first-order chi connectivity index (χ1) is 10.0. The Morgan fingerprint density at radius 3 is 0.333 bits per heavy atom. The molecule has 2 aromatic rings. The molecule has 0 heterocycles. The molecule has 0 aliphatic rings. The topological polar surface area (TPSA) is 0 Å². The maximum Gasteiger partial charge on any atom is -0.0623 e. The Bertz CT molecular complexity index is 175. The monoisotopic (exact) mass is 292 g/mol. The fraction of sp³-hybridized carbons (Fsp3) is 0.429. The zero-order chi connectivity index (χ0) is 16.5. The molecule has 0 unspecified atom stereocenters. The number of rotatable bonds is 0. The van der Waals surface area contributed by atoms with Crippen LogP contribution < -0.4 is 0 Å². The molecule has 0 radical (unpaired) electrons. The average molecular weight is 293 g/mol. The van der Waals surface area contributed by atoms with Gasteiger partial charge in [0.15, 0.2) is 0 Å². The second-order valence-corrected chi connectivity index (χ2v) is 2.31. The molecule has 2 rings (SSSR count). The lowest BCUT2D eigenvalue weighted by Gasteiger charge is -1.69. The van der Waals surface area contributed by atoms with Crippen molar-refractivity contribution < 1.29 is 0 Å². The van der Waals surface area contributed by atoms with Gasteiger partial charge in [-0.3, -0.25) is 0 Å². The molecular formula is C21H40. The summed E-state index contributed by atoms with van der Waals surface area (Å²) in [4.78, 5) is 0. The van der Waals surface area contributed by atoms with Gasteiger partial charge in [0.2, 0.25) is 0 Å². The van der Waals surface area contributed by atoms with Gasteiger partial charge in [0.1, 0.15) is 0 Å². The second-order valence-electron chi connectivity index (χ2n) is 2.31. The molecule has 0 atom stereocenters. The molecule has 0 saturated heterocycles. The molecule has 21 heavy (non-hydrogen) atoms. The van der Waals surface area contributed by atoms with Crippen molar-refractivity contribution in [1.29, 1.82) is 0 Å². The van der Waals surface area contributed by atoms with E-state index in [0.29, 0.717) is 0 Å². The molecule has 0 saturated carbocycles. The molecule has 2 aromatic carbocycles. The van der Waals surface area contributed by atoms with Crippen molar-refractivity contribution >= 4 is 0 Å². The largest absolute Gasteiger partial charge is 0.0776 e. The highest BCUT2D eigenvalue weighted by atomic mass is 13.7. The van der Waals surface area contributed by atoms with Crippen molar-refractivity contribution in [3.8, 4) is 0 Å². The highest BCUT2D eigenvalue weighted by Crippen LogP contribution is 1.80. The predicted octanol–water partition coefficient (Wildman–Crippen LogP) is 8.11. The Hall–Kier alpha value is -1.56. The summed E-state index contributed by atoms with van der Waals surface area (Å²) < 4.78 is 0. The summed E-state index contributed by atoms with van der Waals surface area (Å²) in [5.41, 5.74) is 0. The molecule has 124 valence electrons. The van der Waals surface area contributed by atoms with E-state index in [1.807, 2.05) is 128 Å². The minimum atomic E-state index is 0. The Morgan fingerprint density at radius 1 is 0.238 bits per heavy atom. The number of hydrogen-bond donors (Lipinski definition) is 0. The van der Waals surface area contributed by atoms with Gasteiger partial charge >= 0.3 is 0 Å². The first-order valence-electron chi connectivity index (χ1n) is 8.00. The van der Waals surface area contributed by atoms with Crippen LogP contribution in [-0.2, 0) is 0 Å². The Morgan fingerprint density at radius 2 is 0.286 bits per heavy atom. The third kappa shape index (κ3) is 45.7. The lowest BCUT2D eigenvalue weighted by molar-refractivity contribution is 1.50. The molecular weight excluding hydrogens is 252 g/mol. The van der Waals surface area contributed by atoms with Crippen LogP contribution in [0.1, 0.15) is 62.8 Å². The summed E-state index contributed by atoms with van der Waals surface area (Å²) in [6.07, 6.45) is 0. The van der Waals surface area contributed by atoms with Gasteiger partial charge in [-0.25, -0.2) is 0 Å². The lowest BCUT2D eigenvalue weighted by Crippen LogP contribution is -1.47.